The largest absolute Gasteiger partial charge is 0.352 e. The zero-order valence-electron chi connectivity index (χ0n) is 19.1. The number of Topliss-reactive ketones (excluding diaryl/α,β-unsaturated/α-hetero) is 1. The molecule has 0 unspecified atom stereocenters. The number of nitriles is 1. The number of hydrogen-bond donors (Lipinski definition) is 2. The number of amides is 1. The van der Waals surface area contributed by atoms with Crippen molar-refractivity contribution in [1.82, 2.24) is 5.32 Å². The maximum absolute atomic E-state index is 12.9. The molecule has 0 bridgehead atoms. The topological polar surface area (TPSA) is 82.0 Å². The highest BCUT2D eigenvalue weighted by molar-refractivity contribution is 8.03. The van der Waals surface area contributed by atoms with Crippen LogP contribution in [-0.4, -0.2) is 17.4 Å². The molecule has 2 N–H and O–H groups in total. The van der Waals surface area contributed by atoms with Crippen LogP contribution in [0.5, 0.6) is 0 Å². The summed E-state index contributed by atoms with van der Waals surface area (Å²) >= 11 is 1.31. The lowest BCUT2D eigenvalue weighted by Gasteiger charge is -2.33. The van der Waals surface area contributed by atoms with Crippen LogP contribution in [0, 0.1) is 32.1 Å². The molecule has 1 amide bonds. The van der Waals surface area contributed by atoms with Crippen LogP contribution < -0.4 is 10.6 Å². The summed E-state index contributed by atoms with van der Waals surface area (Å²) in [6.07, 6.45) is 2.06. The molecule has 6 heteroatoms. The molecule has 0 fully saturated rings. The van der Waals surface area contributed by atoms with Gasteiger partial charge in [-0.05, 0) is 68.0 Å². The van der Waals surface area contributed by atoms with Gasteiger partial charge in [0.15, 0.2) is 5.78 Å². The number of carbonyl (C=O) groups excluding carboxylic acids is 2. The molecule has 2 aromatic carbocycles. The van der Waals surface area contributed by atoms with Crippen LogP contribution in [0.15, 0.2) is 64.3 Å². The van der Waals surface area contributed by atoms with Crippen LogP contribution in [0.25, 0.3) is 0 Å². The molecule has 5 nitrogen and oxygen atoms in total. The normalized spacial score (nSPS) is 17.9. The third kappa shape index (κ3) is 4.74. The van der Waals surface area contributed by atoms with E-state index in [1.54, 1.807) is 0 Å². The fraction of sp³-hybridized carbons (Fsp3) is 0.296. The van der Waals surface area contributed by atoms with E-state index in [1.165, 1.54) is 17.3 Å². The number of nitrogens with one attached hydrogen (secondary N) is 2. The van der Waals surface area contributed by atoms with E-state index in [1.807, 2.05) is 63.2 Å². The van der Waals surface area contributed by atoms with Gasteiger partial charge in [-0.2, -0.15) is 5.26 Å². The minimum absolute atomic E-state index is 0.0984. The summed E-state index contributed by atoms with van der Waals surface area (Å²) in [5.74, 6) is -0.272. The standard InChI is InChI=1S/C27H27N3O2S/c1-16-11-12-19(13-18(16)3)29-24(32)15-33-27-21(14-28)25(20-8-5-4-7-17(20)2)26-22(30-27)9-6-10-23(26)31/h4-5,7-8,11-13,25,30H,6,9-10,15H2,1-3H3,(H,29,32)/t25-/m1/s1. The van der Waals surface area contributed by atoms with Crippen molar-refractivity contribution in [3.8, 4) is 6.07 Å². The molecule has 0 saturated carbocycles. The zero-order chi connectivity index (χ0) is 23.5. The number of dihydropyridines is 1. The van der Waals surface area contributed by atoms with E-state index >= 15 is 0 Å². The molecular weight excluding hydrogens is 430 g/mol. The van der Waals surface area contributed by atoms with Gasteiger partial charge in [0.2, 0.25) is 5.91 Å². The second-order valence-corrected chi connectivity index (χ2v) is 9.56. The van der Waals surface area contributed by atoms with Crippen LogP contribution in [0.1, 0.15) is 47.4 Å². The second kappa shape index (κ2) is 9.68. The first-order valence-electron chi connectivity index (χ1n) is 11.1. The van der Waals surface area contributed by atoms with Gasteiger partial charge >= 0.3 is 0 Å². The molecule has 168 valence electrons. The third-order valence-electron chi connectivity index (χ3n) is 6.30. The van der Waals surface area contributed by atoms with Crippen LogP contribution >= 0.6 is 11.8 Å². The molecule has 33 heavy (non-hydrogen) atoms. The van der Waals surface area contributed by atoms with Crippen molar-refractivity contribution in [1.29, 1.82) is 5.26 Å². The quantitative estimate of drug-likeness (QED) is 0.627. The van der Waals surface area contributed by atoms with Crippen molar-refractivity contribution in [3.63, 3.8) is 0 Å². The fourth-order valence-corrected chi connectivity index (χ4v) is 5.27. The first kappa shape index (κ1) is 22.9. The third-order valence-corrected chi connectivity index (χ3v) is 7.32. The highest BCUT2D eigenvalue weighted by atomic mass is 32.2. The molecule has 0 spiro atoms. The highest BCUT2D eigenvalue weighted by Gasteiger charge is 2.37. The molecule has 0 saturated heterocycles. The smallest absolute Gasteiger partial charge is 0.234 e. The first-order valence-corrected chi connectivity index (χ1v) is 12.1. The lowest BCUT2D eigenvalue weighted by molar-refractivity contribution is -0.116. The summed E-state index contributed by atoms with van der Waals surface area (Å²) in [5, 5.41) is 17.1. The van der Waals surface area contributed by atoms with Crippen molar-refractivity contribution < 1.29 is 9.59 Å². The summed E-state index contributed by atoms with van der Waals surface area (Å²) in [7, 11) is 0. The Bertz CT molecular complexity index is 1240. The number of hydrogen-bond acceptors (Lipinski definition) is 5. The predicted octanol–water partition coefficient (Wildman–Crippen LogP) is 5.41. The maximum Gasteiger partial charge on any atom is 0.234 e. The molecule has 2 aromatic rings. The number of anilines is 1. The van der Waals surface area contributed by atoms with E-state index in [2.05, 4.69) is 16.7 Å². The number of allylic oxidation sites excluding steroid dienone is 3. The molecule has 0 radical (unpaired) electrons. The van der Waals surface area contributed by atoms with E-state index in [0.717, 1.165) is 40.9 Å². The van der Waals surface area contributed by atoms with Gasteiger partial charge in [0.1, 0.15) is 0 Å². The number of benzene rings is 2. The Hall–Kier alpha value is -3.30. The van der Waals surface area contributed by atoms with Crippen molar-refractivity contribution >= 4 is 29.1 Å². The number of aryl methyl sites for hydroxylation is 3. The van der Waals surface area contributed by atoms with E-state index in [-0.39, 0.29) is 17.4 Å². The lowest BCUT2D eigenvalue weighted by Crippen LogP contribution is -2.32. The number of rotatable bonds is 5. The predicted molar refractivity (Wildman–Crippen MR) is 133 cm³/mol. The van der Waals surface area contributed by atoms with Gasteiger partial charge in [0, 0.05) is 23.4 Å². The summed E-state index contributed by atoms with van der Waals surface area (Å²) in [4.78, 5) is 25.6. The Morgan fingerprint density at radius 2 is 1.91 bits per heavy atom. The zero-order valence-corrected chi connectivity index (χ0v) is 19.9. The molecule has 0 aromatic heterocycles. The molecule has 1 heterocycles. The first-order chi connectivity index (χ1) is 15.9. The summed E-state index contributed by atoms with van der Waals surface area (Å²) in [5.41, 5.74) is 7.15. The molecule has 1 atom stereocenters. The molecule has 1 aliphatic carbocycles. The van der Waals surface area contributed by atoms with E-state index < -0.39 is 5.92 Å². The van der Waals surface area contributed by atoms with Crippen LogP contribution in [-0.2, 0) is 9.59 Å². The van der Waals surface area contributed by atoms with Crippen molar-refractivity contribution in [2.24, 2.45) is 0 Å². The summed E-state index contributed by atoms with van der Waals surface area (Å²) in [6, 6.07) is 16.1. The van der Waals surface area contributed by atoms with Gasteiger partial charge in [0.25, 0.3) is 0 Å². The maximum atomic E-state index is 12.9. The fourth-order valence-electron chi connectivity index (χ4n) is 4.41. The lowest BCUT2D eigenvalue weighted by atomic mass is 9.76. The summed E-state index contributed by atoms with van der Waals surface area (Å²) in [6.45, 7) is 6.05. The Balaban J connectivity index is 1.61. The minimum atomic E-state index is -0.398. The molecular formula is C27H27N3O2S. The number of thioether (sulfide) groups is 1. The Labute approximate surface area is 199 Å². The van der Waals surface area contributed by atoms with E-state index in [4.69, 9.17) is 0 Å². The van der Waals surface area contributed by atoms with Gasteiger partial charge in [-0.1, -0.05) is 42.1 Å². The van der Waals surface area contributed by atoms with E-state index in [0.29, 0.717) is 22.6 Å². The number of carbonyl (C=O) groups is 2. The van der Waals surface area contributed by atoms with Crippen molar-refractivity contribution in [2.75, 3.05) is 11.1 Å². The van der Waals surface area contributed by atoms with Crippen LogP contribution in [0.4, 0.5) is 5.69 Å². The van der Waals surface area contributed by atoms with E-state index in [9.17, 15) is 14.9 Å². The monoisotopic (exact) mass is 457 g/mol. The average Bonchev–Trinajstić information content (AvgIpc) is 2.80. The Morgan fingerprint density at radius 3 is 2.64 bits per heavy atom. The average molecular weight is 458 g/mol. The van der Waals surface area contributed by atoms with Crippen molar-refractivity contribution in [3.05, 3.63) is 86.6 Å². The summed E-state index contributed by atoms with van der Waals surface area (Å²) < 4.78 is 0. The van der Waals surface area contributed by atoms with Gasteiger partial charge in [-0.3, -0.25) is 9.59 Å². The second-order valence-electron chi connectivity index (χ2n) is 8.57. The van der Waals surface area contributed by atoms with Gasteiger partial charge in [-0.25, -0.2) is 0 Å². The Kier molecular flexibility index (Phi) is 6.71. The SMILES string of the molecule is Cc1ccc(NC(=O)CSC2=C(C#N)[C@@H](c3ccccc3C)C3=C(CCCC3=O)N2)cc1C. The number of ketones is 1. The molecule has 1 aliphatic heterocycles. The van der Waals surface area contributed by atoms with Crippen LogP contribution in [0.3, 0.4) is 0 Å². The van der Waals surface area contributed by atoms with Crippen LogP contribution in [0.2, 0.25) is 0 Å². The van der Waals surface area contributed by atoms with Crippen molar-refractivity contribution in [2.45, 2.75) is 46.0 Å². The molecule has 4 rings (SSSR count). The molecule has 2 aliphatic rings. The minimum Gasteiger partial charge on any atom is -0.352 e. The highest BCUT2D eigenvalue weighted by Crippen LogP contribution is 2.44. The Morgan fingerprint density at radius 1 is 1.12 bits per heavy atom. The van der Waals surface area contributed by atoms with Gasteiger partial charge in [0.05, 0.1) is 28.3 Å². The van der Waals surface area contributed by atoms with Gasteiger partial charge < -0.3 is 10.6 Å². The van der Waals surface area contributed by atoms with Gasteiger partial charge in [-0.15, -0.1) is 0 Å². The number of nitrogens with zero attached hydrogens (tertiary/aromatic N) is 1.